The number of benzene rings is 1. The number of hydrogen-bond acceptors (Lipinski definition) is 3. The van der Waals surface area contributed by atoms with E-state index >= 15 is 0 Å². The topological polar surface area (TPSA) is 47.6 Å². The second-order valence-electron chi connectivity index (χ2n) is 5.29. The van der Waals surface area contributed by atoms with Gasteiger partial charge < -0.3 is 14.8 Å². The molecule has 0 saturated heterocycles. The predicted octanol–water partition coefficient (Wildman–Crippen LogP) is 3.81. The second-order valence-corrected chi connectivity index (χ2v) is 5.70. The zero-order valence-electron chi connectivity index (χ0n) is 12.6. The van der Waals surface area contributed by atoms with Crippen LogP contribution in [0.2, 0.25) is 5.02 Å². The van der Waals surface area contributed by atoms with Gasteiger partial charge in [0.2, 0.25) is 0 Å². The lowest BCUT2D eigenvalue weighted by molar-refractivity contribution is 0.0937. The zero-order chi connectivity index (χ0) is 15.2. The molecule has 0 atom stereocenters. The first-order valence-electron chi connectivity index (χ1n) is 7.47. The van der Waals surface area contributed by atoms with Crippen molar-refractivity contribution in [1.82, 2.24) is 5.32 Å². The van der Waals surface area contributed by atoms with Gasteiger partial charge in [0.05, 0.1) is 18.7 Å². The Labute approximate surface area is 130 Å². The zero-order valence-corrected chi connectivity index (χ0v) is 13.3. The highest BCUT2D eigenvalue weighted by Gasteiger charge is 2.20. The fourth-order valence-electron chi connectivity index (χ4n) is 2.53. The Morgan fingerprint density at radius 2 is 2.10 bits per heavy atom. The molecule has 1 N–H and O–H groups in total. The summed E-state index contributed by atoms with van der Waals surface area (Å²) in [5.41, 5.74) is 0.507. The van der Waals surface area contributed by atoms with Crippen molar-refractivity contribution in [2.75, 3.05) is 13.7 Å². The molecule has 0 radical (unpaired) electrons. The van der Waals surface area contributed by atoms with E-state index in [0.717, 1.165) is 19.3 Å². The Hall–Kier alpha value is -1.42. The van der Waals surface area contributed by atoms with E-state index < -0.39 is 0 Å². The molecule has 5 heteroatoms. The maximum atomic E-state index is 12.3. The number of methoxy groups -OCH3 is 1. The molecule has 2 rings (SSSR count). The van der Waals surface area contributed by atoms with Crippen molar-refractivity contribution in [3.63, 3.8) is 0 Å². The number of ether oxygens (including phenoxy) is 2. The Morgan fingerprint density at radius 1 is 1.38 bits per heavy atom. The summed E-state index contributed by atoms with van der Waals surface area (Å²) < 4.78 is 10.9. The molecule has 0 spiro atoms. The van der Waals surface area contributed by atoms with Crippen LogP contribution in [0.5, 0.6) is 11.5 Å². The van der Waals surface area contributed by atoms with Crippen molar-refractivity contribution in [3.8, 4) is 11.5 Å². The van der Waals surface area contributed by atoms with E-state index in [1.54, 1.807) is 19.2 Å². The first kappa shape index (κ1) is 16.0. The van der Waals surface area contributed by atoms with Crippen molar-refractivity contribution >= 4 is 17.5 Å². The van der Waals surface area contributed by atoms with Crippen LogP contribution in [0, 0.1) is 0 Å². The Balaban J connectivity index is 2.16. The van der Waals surface area contributed by atoms with Gasteiger partial charge in [0, 0.05) is 11.6 Å². The van der Waals surface area contributed by atoms with Crippen LogP contribution in [0.1, 0.15) is 49.4 Å². The molecule has 1 aliphatic carbocycles. The van der Waals surface area contributed by atoms with Gasteiger partial charge in [0.15, 0.2) is 11.5 Å². The summed E-state index contributed by atoms with van der Waals surface area (Å²) in [7, 11) is 1.54. The van der Waals surface area contributed by atoms with Crippen molar-refractivity contribution in [3.05, 3.63) is 22.7 Å². The molecule has 1 amide bonds. The van der Waals surface area contributed by atoms with E-state index in [2.05, 4.69) is 5.32 Å². The minimum absolute atomic E-state index is 0.107. The minimum atomic E-state index is -0.107. The fourth-order valence-corrected chi connectivity index (χ4v) is 2.80. The smallest absolute Gasteiger partial charge is 0.251 e. The first-order chi connectivity index (χ1) is 10.2. The molecule has 1 fully saturated rings. The number of carbonyl (C=O) groups excluding carboxylic acids is 1. The average molecular weight is 312 g/mol. The van der Waals surface area contributed by atoms with Crippen LogP contribution in [0.4, 0.5) is 0 Å². The third-order valence-electron chi connectivity index (χ3n) is 3.63. The number of halogens is 1. The lowest BCUT2D eigenvalue weighted by atomic mass is 10.1. The summed E-state index contributed by atoms with van der Waals surface area (Å²) >= 11 is 6.22. The summed E-state index contributed by atoms with van der Waals surface area (Å²) in [5.74, 6) is 0.884. The van der Waals surface area contributed by atoms with Crippen LogP contribution in [0.3, 0.4) is 0 Å². The SMILES string of the molecule is CCCOc1c(Cl)cc(C(=O)NC2CCCC2)cc1OC. The van der Waals surface area contributed by atoms with Crippen LogP contribution in [-0.4, -0.2) is 25.7 Å². The number of nitrogens with one attached hydrogen (secondary N) is 1. The molecule has 4 nitrogen and oxygen atoms in total. The highest BCUT2D eigenvalue weighted by atomic mass is 35.5. The molecule has 0 aliphatic heterocycles. The average Bonchev–Trinajstić information content (AvgIpc) is 2.98. The van der Waals surface area contributed by atoms with Gasteiger partial charge >= 0.3 is 0 Å². The first-order valence-corrected chi connectivity index (χ1v) is 7.84. The lowest BCUT2D eigenvalue weighted by Crippen LogP contribution is -2.32. The molecule has 1 saturated carbocycles. The van der Waals surface area contributed by atoms with E-state index in [9.17, 15) is 4.79 Å². The van der Waals surface area contributed by atoms with Crippen LogP contribution in [-0.2, 0) is 0 Å². The van der Waals surface area contributed by atoms with Gasteiger partial charge in [-0.25, -0.2) is 0 Å². The summed E-state index contributed by atoms with van der Waals surface area (Å²) in [5, 5.41) is 3.44. The Morgan fingerprint density at radius 3 is 2.71 bits per heavy atom. The highest BCUT2D eigenvalue weighted by Crippen LogP contribution is 2.36. The van der Waals surface area contributed by atoms with Gasteiger partial charge in [-0.1, -0.05) is 31.4 Å². The lowest BCUT2D eigenvalue weighted by Gasteiger charge is -2.15. The van der Waals surface area contributed by atoms with Gasteiger partial charge in [-0.05, 0) is 31.4 Å². The monoisotopic (exact) mass is 311 g/mol. The molecule has 0 heterocycles. The third-order valence-corrected chi connectivity index (χ3v) is 3.91. The summed E-state index contributed by atoms with van der Waals surface area (Å²) in [6, 6.07) is 3.60. The number of rotatable bonds is 6. The predicted molar refractivity (Wildman–Crippen MR) is 83.5 cm³/mol. The van der Waals surface area contributed by atoms with E-state index in [-0.39, 0.29) is 11.9 Å². The normalized spacial score (nSPS) is 15.0. The molecule has 116 valence electrons. The van der Waals surface area contributed by atoms with Crippen molar-refractivity contribution in [2.24, 2.45) is 0 Å². The Bertz CT molecular complexity index is 499. The van der Waals surface area contributed by atoms with Crippen LogP contribution >= 0.6 is 11.6 Å². The maximum absolute atomic E-state index is 12.3. The van der Waals surface area contributed by atoms with E-state index in [0.29, 0.717) is 28.7 Å². The molecular formula is C16H22ClNO3. The maximum Gasteiger partial charge on any atom is 0.251 e. The van der Waals surface area contributed by atoms with Gasteiger partial charge in [-0.3, -0.25) is 4.79 Å². The number of carbonyl (C=O) groups is 1. The molecule has 1 aliphatic rings. The van der Waals surface area contributed by atoms with Crippen LogP contribution in [0.25, 0.3) is 0 Å². The molecule has 1 aromatic carbocycles. The quantitative estimate of drug-likeness (QED) is 0.869. The standard InChI is InChI=1S/C16H22ClNO3/c1-3-8-21-15-13(17)9-11(10-14(15)20-2)16(19)18-12-6-4-5-7-12/h9-10,12H,3-8H2,1-2H3,(H,18,19). The third kappa shape index (κ3) is 4.03. The molecule has 0 bridgehead atoms. The van der Waals surface area contributed by atoms with Crippen molar-refractivity contribution < 1.29 is 14.3 Å². The summed E-state index contributed by atoms with van der Waals surface area (Å²) in [6.07, 6.45) is 5.34. The minimum Gasteiger partial charge on any atom is -0.493 e. The van der Waals surface area contributed by atoms with Crippen LogP contribution in [0.15, 0.2) is 12.1 Å². The summed E-state index contributed by atoms with van der Waals surface area (Å²) in [4.78, 5) is 12.3. The molecule has 1 aromatic rings. The van der Waals surface area contributed by atoms with Gasteiger partial charge in [-0.15, -0.1) is 0 Å². The van der Waals surface area contributed by atoms with E-state index in [1.165, 1.54) is 12.8 Å². The van der Waals surface area contributed by atoms with Gasteiger partial charge in [0.1, 0.15) is 0 Å². The molecular weight excluding hydrogens is 290 g/mol. The van der Waals surface area contributed by atoms with Gasteiger partial charge in [-0.2, -0.15) is 0 Å². The molecule has 21 heavy (non-hydrogen) atoms. The number of amides is 1. The number of hydrogen-bond donors (Lipinski definition) is 1. The largest absolute Gasteiger partial charge is 0.493 e. The van der Waals surface area contributed by atoms with Crippen LogP contribution < -0.4 is 14.8 Å². The Kier molecular flexibility index (Phi) is 5.74. The van der Waals surface area contributed by atoms with Crippen molar-refractivity contribution in [2.45, 2.75) is 45.1 Å². The molecule has 0 aromatic heterocycles. The van der Waals surface area contributed by atoms with E-state index in [4.69, 9.17) is 21.1 Å². The highest BCUT2D eigenvalue weighted by molar-refractivity contribution is 6.32. The van der Waals surface area contributed by atoms with Gasteiger partial charge in [0.25, 0.3) is 5.91 Å². The van der Waals surface area contributed by atoms with Crippen molar-refractivity contribution in [1.29, 1.82) is 0 Å². The second kappa shape index (κ2) is 7.55. The molecule has 0 unspecified atom stereocenters. The fraction of sp³-hybridized carbons (Fsp3) is 0.562. The van der Waals surface area contributed by atoms with E-state index in [1.807, 2.05) is 6.92 Å². The summed E-state index contributed by atoms with van der Waals surface area (Å²) in [6.45, 7) is 2.58.